The van der Waals surface area contributed by atoms with Gasteiger partial charge < -0.3 is 5.32 Å². The fourth-order valence-electron chi connectivity index (χ4n) is 1.84. The summed E-state index contributed by atoms with van der Waals surface area (Å²) in [6, 6.07) is 4.80. The average molecular weight is 372 g/mol. The Morgan fingerprint density at radius 2 is 1.91 bits per heavy atom. The number of thiocarbonyl (C=S) groups is 1. The molecule has 2 heterocycles. The number of benzene rings is 1. The van der Waals surface area contributed by atoms with Crippen molar-refractivity contribution in [3.63, 3.8) is 0 Å². The van der Waals surface area contributed by atoms with Crippen molar-refractivity contribution >= 4 is 51.6 Å². The van der Waals surface area contributed by atoms with Crippen molar-refractivity contribution in [2.24, 2.45) is 0 Å². The topological polar surface area (TPSA) is 42.0 Å². The number of hydrogen-bond acceptors (Lipinski definition) is 5. The third-order valence-electron chi connectivity index (χ3n) is 2.90. The van der Waals surface area contributed by atoms with Crippen LogP contribution in [-0.4, -0.2) is 15.2 Å². The van der Waals surface area contributed by atoms with Gasteiger partial charge in [-0.25, -0.2) is 4.98 Å². The van der Waals surface area contributed by atoms with E-state index in [0.717, 1.165) is 23.9 Å². The van der Waals surface area contributed by atoms with Crippen LogP contribution in [0.3, 0.4) is 0 Å². The van der Waals surface area contributed by atoms with Crippen molar-refractivity contribution in [2.45, 2.75) is 6.18 Å². The molecule has 1 aromatic carbocycles. The number of amides is 1. The Morgan fingerprint density at radius 3 is 2.48 bits per heavy atom. The average Bonchev–Trinajstić information content (AvgIpc) is 3.06. The second-order valence-corrected chi connectivity index (χ2v) is 7.08. The molecular formula is C14H7F3N2OS3. The monoisotopic (exact) mass is 372 g/mol. The van der Waals surface area contributed by atoms with Crippen LogP contribution in [0.4, 0.5) is 13.2 Å². The smallest absolute Gasteiger partial charge is 0.307 e. The number of halogens is 3. The van der Waals surface area contributed by atoms with Gasteiger partial charge in [0.05, 0.1) is 16.2 Å². The Labute approximate surface area is 142 Å². The summed E-state index contributed by atoms with van der Waals surface area (Å²) in [4.78, 5) is 16.3. The number of thiazole rings is 1. The highest BCUT2D eigenvalue weighted by Crippen LogP contribution is 2.32. The molecule has 1 aromatic heterocycles. The number of carbonyl (C=O) groups excluding carboxylic acids is 1. The molecule has 0 atom stereocenters. The second kappa shape index (κ2) is 6.06. The lowest BCUT2D eigenvalue weighted by molar-refractivity contribution is -0.137. The maximum atomic E-state index is 12.6. The van der Waals surface area contributed by atoms with Gasteiger partial charge in [0, 0.05) is 10.9 Å². The molecule has 1 saturated heterocycles. The Kier molecular flexibility index (Phi) is 4.26. The number of rotatable bonds is 2. The van der Waals surface area contributed by atoms with Crippen LogP contribution >= 0.6 is 35.3 Å². The van der Waals surface area contributed by atoms with Crippen molar-refractivity contribution in [3.8, 4) is 10.6 Å². The van der Waals surface area contributed by atoms with Crippen LogP contribution in [0.15, 0.2) is 34.6 Å². The molecule has 0 bridgehead atoms. The predicted molar refractivity (Wildman–Crippen MR) is 88.9 cm³/mol. The summed E-state index contributed by atoms with van der Waals surface area (Å²) in [7, 11) is 0. The first-order valence-corrected chi connectivity index (χ1v) is 8.31. The Morgan fingerprint density at radius 1 is 1.22 bits per heavy atom. The maximum Gasteiger partial charge on any atom is 0.416 e. The van der Waals surface area contributed by atoms with Gasteiger partial charge in [0.25, 0.3) is 5.91 Å². The molecule has 0 spiro atoms. The first kappa shape index (κ1) is 16.2. The van der Waals surface area contributed by atoms with E-state index in [-0.39, 0.29) is 5.91 Å². The summed E-state index contributed by atoms with van der Waals surface area (Å²) in [5.74, 6) is -0.274. The van der Waals surface area contributed by atoms with Gasteiger partial charge in [0.15, 0.2) is 0 Å². The van der Waals surface area contributed by atoms with Gasteiger partial charge in [-0.3, -0.25) is 4.79 Å². The first-order chi connectivity index (χ1) is 10.8. The molecule has 3 rings (SSSR count). The summed E-state index contributed by atoms with van der Waals surface area (Å²) in [5, 5.41) is 4.81. The minimum atomic E-state index is -4.36. The van der Waals surface area contributed by atoms with E-state index in [2.05, 4.69) is 10.3 Å². The molecule has 0 aliphatic carbocycles. The summed E-state index contributed by atoms with van der Waals surface area (Å²) >= 11 is 7.33. The van der Waals surface area contributed by atoms with Crippen LogP contribution < -0.4 is 5.32 Å². The summed E-state index contributed by atoms with van der Waals surface area (Å²) in [6.07, 6.45) is -2.76. The summed E-state index contributed by atoms with van der Waals surface area (Å²) in [5.41, 5.74) is 0.451. The number of carbonyl (C=O) groups is 1. The number of thioether (sulfide) groups is 1. The molecule has 118 valence electrons. The van der Waals surface area contributed by atoms with Gasteiger partial charge in [0.2, 0.25) is 0 Å². The molecule has 23 heavy (non-hydrogen) atoms. The number of nitrogens with one attached hydrogen (secondary N) is 1. The van der Waals surface area contributed by atoms with E-state index in [0.29, 0.717) is 25.5 Å². The minimum absolute atomic E-state index is 0.274. The van der Waals surface area contributed by atoms with Crippen molar-refractivity contribution < 1.29 is 18.0 Å². The zero-order valence-corrected chi connectivity index (χ0v) is 13.6. The van der Waals surface area contributed by atoms with E-state index in [1.807, 2.05) is 0 Å². The van der Waals surface area contributed by atoms with Crippen molar-refractivity contribution in [1.29, 1.82) is 0 Å². The second-order valence-electron chi connectivity index (χ2n) is 4.50. The molecule has 0 saturated carbocycles. The molecule has 2 aromatic rings. The van der Waals surface area contributed by atoms with E-state index in [1.165, 1.54) is 23.5 Å². The third-order valence-corrected chi connectivity index (χ3v) is 4.97. The normalized spacial score (nSPS) is 16.9. The first-order valence-electron chi connectivity index (χ1n) is 6.21. The SMILES string of the molecule is O=C1NC(=S)S/C1=C\c1csc(-c2ccc(C(F)(F)F)cc2)n1. The van der Waals surface area contributed by atoms with Crippen LogP contribution in [0.25, 0.3) is 16.6 Å². The molecule has 1 amide bonds. The molecule has 9 heteroatoms. The summed E-state index contributed by atoms with van der Waals surface area (Å²) < 4.78 is 38.0. The molecule has 0 radical (unpaired) electrons. The van der Waals surface area contributed by atoms with E-state index < -0.39 is 11.7 Å². The molecule has 1 N–H and O–H groups in total. The third kappa shape index (κ3) is 3.62. The highest BCUT2D eigenvalue weighted by Gasteiger charge is 2.30. The van der Waals surface area contributed by atoms with E-state index in [9.17, 15) is 18.0 Å². The number of aromatic nitrogens is 1. The number of nitrogens with zero attached hydrogens (tertiary/aromatic N) is 1. The fourth-order valence-corrected chi connectivity index (χ4v) is 3.65. The van der Waals surface area contributed by atoms with Crippen molar-refractivity contribution in [1.82, 2.24) is 10.3 Å². The lowest BCUT2D eigenvalue weighted by atomic mass is 10.1. The van der Waals surface area contributed by atoms with Gasteiger partial charge >= 0.3 is 6.18 Å². The van der Waals surface area contributed by atoms with Crippen LogP contribution in [0.1, 0.15) is 11.3 Å². The van der Waals surface area contributed by atoms with Crippen LogP contribution in [0.2, 0.25) is 0 Å². The van der Waals surface area contributed by atoms with Gasteiger partial charge in [-0.15, -0.1) is 11.3 Å². The van der Waals surface area contributed by atoms with E-state index in [1.54, 1.807) is 11.5 Å². The number of alkyl halides is 3. The van der Waals surface area contributed by atoms with Crippen molar-refractivity contribution in [2.75, 3.05) is 0 Å². The van der Waals surface area contributed by atoms with E-state index in [4.69, 9.17) is 12.2 Å². The number of hydrogen-bond donors (Lipinski definition) is 1. The lowest BCUT2D eigenvalue weighted by Crippen LogP contribution is -2.17. The maximum absolute atomic E-state index is 12.6. The van der Waals surface area contributed by atoms with Gasteiger partial charge in [-0.05, 0) is 18.2 Å². The highest BCUT2D eigenvalue weighted by molar-refractivity contribution is 8.26. The quantitative estimate of drug-likeness (QED) is 0.630. The Hall–Kier alpha value is -1.71. The van der Waals surface area contributed by atoms with Crippen LogP contribution in [0, 0.1) is 0 Å². The molecule has 0 unspecified atom stereocenters. The molecule has 1 fully saturated rings. The van der Waals surface area contributed by atoms with Gasteiger partial charge in [0.1, 0.15) is 9.33 Å². The standard InChI is InChI=1S/C14H7F3N2OS3/c15-14(16,17)8-3-1-7(2-4-8)12-18-9(6-22-12)5-10-11(20)19-13(21)23-10/h1-6H,(H,19,20,21)/b10-5-. The summed E-state index contributed by atoms with van der Waals surface area (Å²) in [6.45, 7) is 0. The predicted octanol–water partition coefficient (Wildman–Crippen LogP) is 4.32. The zero-order valence-electron chi connectivity index (χ0n) is 11.2. The lowest BCUT2D eigenvalue weighted by Gasteiger charge is -2.06. The molecular weight excluding hydrogens is 365 g/mol. The van der Waals surface area contributed by atoms with Gasteiger partial charge in [-0.2, -0.15) is 13.2 Å². The van der Waals surface area contributed by atoms with Crippen LogP contribution in [-0.2, 0) is 11.0 Å². The minimum Gasteiger partial charge on any atom is -0.307 e. The zero-order chi connectivity index (χ0) is 16.6. The van der Waals surface area contributed by atoms with Gasteiger partial charge in [-0.1, -0.05) is 36.1 Å². The largest absolute Gasteiger partial charge is 0.416 e. The van der Waals surface area contributed by atoms with Crippen molar-refractivity contribution in [3.05, 3.63) is 45.8 Å². The molecule has 1 aliphatic rings. The molecule has 3 nitrogen and oxygen atoms in total. The Bertz CT molecular complexity index is 809. The van der Waals surface area contributed by atoms with Crippen LogP contribution in [0.5, 0.6) is 0 Å². The Balaban J connectivity index is 1.84. The fraction of sp³-hybridized carbons (Fsp3) is 0.0714. The van der Waals surface area contributed by atoms with E-state index >= 15 is 0 Å². The highest BCUT2D eigenvalue weighted by atomic mass is 32.2. The molecule has 1 aliphatic heterocycles.